The van der Waals surface area contributed by atoms with Crippen LogP contribution in [-0.2, 0) is 6.18 Å². The van der Waals surface area contributed by atoms with Crippen LogP contribution in [0.2, 0.25) is 0 Å². The van der Waals surface area contributed by atoms with E-state index in [9.17, 15) is 22.8 Å². The summed E-state index contributed by atoms with van der Waals surface area (Å²) >= 11 is 0. The lowest BCUT2D eigenvalue weighted by Gasteiger charge is -2.24. The van der Waals surface area contributed by atoms with Gasteiger partial charge in [0.2, 0.25) is 0 Å². The highest BCUT2D eigenvalue weighted by Crippen LogP contribution is 2.33. The largest absolute Gasteiger partial charge is 0.478 e. The van der Waals surface area contributed by atoms with Crippen molar-refractivity contribution in [1.29, 1.82) is 0 Å². The van der Waals surface area contributed by atoms with Crippen molar-refractivity contribution in [3.63, 3.8) is 0 Å². The third kappa shape index (κ3) is 4.04. The predicted octanol–water partition coefficient (Wildman–Crippen LogP) is 3.51. The van der Waals surface area contributed by atoms with Crippen molar-refractivity contribution < 1.29 is 27.9 Å². The number of carboxylic acids is 1. The van der Waals surface area contributed by atoms with E-state index in [1.54, 1.807) is 0 Å². The maximum absolute atomic E-state index is 13.2. The van der Waals surface area contributed by atoms with Crippen molar-refractivity contribution in [3.8, 4) is 5.69 Å². The minimum Gasteiger partial charge on any atom is -0.478 e. The molecule has 0 saturated carbocycles. The smallest absolute Gasteiger partial charge is 0.434 e. The summed E-state index contributed by atoms with van der Waals surface area (Å²) in [4.78, 5) is 23.2. The number of carboxylic acid groups (broad SMARTS) is 1. The molecule has 26 heavy (non-hydrogen) atoms. The lowest BCUT2D eigenvalue weighted by atomic mass is 10.0. The summed E-state index contributed by atoms with van der Waals surface area (Å²) in [6.07, 6.45) is -3.54. The van der Waals surface area contributed by atoms with Gasteiger partial charge in [-0.25, -0.2) is 9.48 Å². The Kier molecular flexibility index (Phi) is 5.11. The van der Waals surface area contributed by atoms with Gasteiger partial charge in [0.05, 0.1) is 11.9 Å². The molecule has 0 radical (unpaired) electrons. The van der Waals surface area contributed by atoms with Crippen LogP contribution < -0.4 is 5.32 Å². The van der Waals surface area contributed by atoms with Gasteiger partial charge in [-0.1, -0.05) is 6.92 Å². The molecular weight excluding hydrogens is 351 g/mol. The maximum atomic E-state index is 13.2. The summed E-state index contributed by atoms with van der Waals surface area (Å²) < 4.78 is 40.2. The minimum absolute atomic E-state index is 0.00359. The number of rotatable bonds is 5. The molecule has 0 bridgehead atoms. The molecule has 0 aliphatic carbocycles. The van der Waals surface area contributed by atoms with Crippen LogP contribution in [0.4, 0.5) is 13.2 Å². The average molecular weight is 369 g/mol. The quantitative estimate of drug-likeness (QED) is 0.845. The number of amides is 1. The third-order valence-corrected chi connectivity index (χ3v) is 3.98. The zero-order chi connectivity index (χ0) is 19.7. The molecule has 0 atom stereocenters. The summed E-state index contributed by atoms with van der Waals surface area (Å²) in [6.45, 7) is 5.62. The van der Waals surface area contributed by atoms with Crippen molar-refractivity contribution >= 4 is 11.9 Å². The fourth-order valence-electron chi connectivity index (χ4n) is 2.20. The van der Waals surface area contributed by atoms with Crippen LogP contribution in [0.15, 0.2) is 30.5 Å². The van der Waals surface area contributed by atoms with E-state index in [-0.39, 0.29) is 17.2 Å². The van der Waals surface area contributed by atoms with Crippen molar-refractivity contribution in [2.24, 2.45) is 0 Å². The van der Waals surface area contributed by atoms with E-state index >= 15 is 0 Å². The van der Waals surface area contributed by atoms with E-state index in [0.717, 1.165) is 0 Å². The van der Waals surface area contributed by atoms with Gasteiger partial charge in [-0.2, -0.15) is 18.3 Å². The number of carbonyl (C=O) groups excluding carboxylic acids is 1. The summed E-state index contributed by atoms with van der Waals surface area (Å²) in [5, 5.41) is 15.3. The summed E-state index contributed by atoms with van der Waals surface area (Å²) in [6, 6.07) is 5.28. The molecule has 0 fully saturated rings. The number of benzene rings is 1. The molecule has 9 heteroatoms. The molecule has 0 aliphatic heterocycles. The number of nitrogens with zero attached hydrogens (tertiary/aromatic N) is 2. The van der Waals surface area contributed by atoms with Gasteiger partial charge in [-0.15, -0.1) is 0 Å². The number of halogens is 3. The molecule has 2 rings (SSSR count). The van der Waals surface area contributed by atoms with E-state index < -0.39 is 28.9 Å². The first-order valence-corrected chi connectivity index (χ1v) is 7.77. The molecule has 1 aromatic carbocycles. The van der Waals surface area contributed by atoms with Crippen LogP contribution >= 0.6 is 0 Å². The van der Waals surface area contributed by atoms with Gasteiger partial charge in [-0.3, -0.25) is 4.79 Å². The first-order valence-electron chi connectivity index (χ1n) is 7.77. The normalized spacial score (nSPS) is 12.1. The lowest BCUT2D eigenvalue weighted by Crippen LogP contribution is -2.42. The van der Waals surface area contributed by atoms with Crippen LogP contribution in [0, 0.1) is 0 Å². The van der Waals surface area contributed by atoms with Crippen LogP contribution in [0.1, 0.15) is 53.6 Å². The lowest BCUT2D eigenvalue weighted by molar-refractivity contribution is -0.143. The summed E-state index contributed by atoms with van der Waals surface area (Å²) in [5.74, 6) is -2.08. The number of alkyl halides is 3. The van der Waals surface area contributed by atoms with Gasteiger partial charge in [0.1, 0.15) is 5.56 Å². The highest BCUT2D eigenvalue weighted by atomic mass is 19.4. The molecule has 1 amide bonds. The highest BCUT2D eigenvalue weighted by molar-refractivity contribution is 5.94. The average Bonchev–Trinajstić information content (AvgIpc) is 3.00. The molecule has 0 spiro atoms. The Morgan fingerprint density at radius 2 is 1.77 bits per heavy atom. The van der Waals surface area contributed by atoms with E-state index in [4.69, 9.17) is 5.11 Å². The highest BCUT2D eigenvalue weighted by Gasteiger charge is 2.40. The van der Waals surface area contributed by atoms with Gasteiger partial charge < -0.3 is 10.4 Å². The first-order chi connectivity index (χ1) is 12.0. The van der Waals surface area contributed by atoms with Crippen LogP contribution in [0.25, 0.3) is 5.69 Å². The standard InChI is InChI=1S/C17H18F3N3O3/c1-4-16(2,3)22-14(24)10-5-7-11(8-6-10)23-13(17(18,19)20)12(9-21-23)15(25)26/h5-9H,4H2,1-3H3,(H,22,24)(H,25,26). The van der Waals surface area contributed by atoms with Gasteiger partial charge >= 0.3 is 12.1 Å². The Balaban J connectivity index is 2.38. The van der Waals surface area contributed by atoms with Gasteiger partial charge in [-0.05, 0) is 44.5 Å². The Labute approximate surface area is 147 Å². The monoisotopic (exact) mass is 369 g/mol. The fourth-order valence-corrected chi connectivity index (χ4v) is 2.20. The molecule has 2 aromatic rings. The maximum Gasteiger partial charge on any atom is 0.434 e. The number of hydrogen-bond donors (Lipinski definition) is 2. The third-order valence-electron chi connectivity index (χ3n) is 3.98. The zero-order valence-electron chi connectivity index (χ0n) is 14.4. The molecule has 0 unspecified atom stereocenters. The molecule has 6 nitrogen and oxygen atoms in total. The second kappa shape index (κ2) is 6.81. The SMILES string of the molecule is CCC(C)(C)NC(=O)c1ccc(-n2ncc(C(=O)O)c2C(F)(F)F)cc1. The van der Waals surface area contributed by atoms with Crippen molar-refractivity contribution in [3.05, 3.63) is 47.3 Å². The Morgan fingerprint density at radius 1 is 1.19 bits per heavy atom. The predicted molar refractivity (Wildman–Crippen MR) is 87.4 cm³/mol. The minimum atomic E-state index is -4.90. The van der Waals surface area contributed by atoms with E-state index in [1.165, 1.54) is 24.3 Å². The summed E-state index contributed by atoms with van der Waals surface area (Å²) in [5.41, 5.74) is -2.47. The van der Waals surface area contributed by atoms with Crippen LogP contribution in [0.5, 0.6) is 0 Å². The number of carbonyl (C=O) groups is 2. The van der Waals surface area contributed by atoms with E-state index in [2.05, 4.69) is 10.4 Å². The van der Waals surface area contributed by atoms with E-state index in [1.807, 2.05) is 20.8 Å². The second-order valence-electron chi connectivity index (χ2n) is 6.36. The molecule has 0 saturated heterocycles. The molecule has 1 heterocycles. The fraction of sp³-hybridized carbons (Fsp3) is 0.353. The number of nitrogens with one attached hydrogen (secondary N) is 1. The molecule has 2 N–H and O–H groups in total. The number of aromatic nitrogens is 2. The summed E-state index contributed by atoms with van der Waals surface area (Å²) in [7, 11) is 0. The van der Waals surface area contributed by atoms with E-state index in [0.29, 0.717) is 17.3 Å². The zero-order valence-corrected chi connectivity index (χ0v) is 14.4. The van der Waals surface area contributed by atoms with Gasteiger partial charge in [0.15, 0.2) is 5.69 Å². The van der Waals surface area contributed by atoms with Crippen molar-refractivity contribution in [1.82, 2.24) is 15.1 Å². The second-order valence-corrected chi connectivity index (χ2v) is 6.36. The van der Waals surface area contributed by atoms with Crippen molar-refractivity contribution in [2.45, 2.75) is 38.9 Å². The Morgan fingerprint density at radius 3 is 2.23 bits per heavy atom. The van der Waals surface area contributed by atoms with Gasteiger partial charge in [0.25, 0.3) is 5.91 Å². The molecule has 1 aromatic heterocycles. The molecular formula is C17H18F3N3O3. The molecule has 0 aliphatic rings. The molecule has 140 valence electrons. The van der Waals surface area contributed by atoms with Gasteiger partial charge in [0, 0.05) is 11.1 Å². The topological polar surface area (TPSA) is 84.2 Å². The van der Waals surface area contributed by atoms with Crippen LogP contribution in [0.3, 0.4) is 0 Å². The van der Waals surface area contributed by atoms with Crippen LogP contribution in [-0.4, -0.2) is 32.3 Å². The Hall–Kier alpha value is -2.84. The number of hydrogen-bond acceptors (Lipinski definition) is 3. The Bertz CT molecular complexity index is 824. The van der Waals surface area contributed by atoms with Crippen molar-refractivity contribution in [2.75, 3.05) is 0 Å². The number of aromatic carboxylic acids is 1. The first kappa shape index (κ1) is 19.5.